The van der Waals surface area contributed by atoms with Crippen molar-refractivity contribution in [2.24, 2.45) is 16.5 Å². The summed E-state index contributed by atoms with van der Waals surface area (Å²) in [6.45, 7) is 0.718. The maximum absolute atomic E-state index is 13.7. The minimum atomic E-state index is -0.884. The SMILES string of the molecule is Cl.NC(N)=NCCC[C@@H](C=O)NC(=O)[C@@H]1CCCN1C(=O)[C@@H](Cc1ccccc1)NC(=O)c1cccnc1. The number of aldehydes is 1. The number of carbonyl (C=O) groups excluding carboxylic acids is 4. The van der Waals surface area contributed by atoms with E-state index in [2.05, 4.69) is 20.6 Å². The molecule has 0 spiro atoms. The van der Waals surface area contributed by atoms with Gasteiger partial charge in [0, 0.05) is 31.9 Å². The summed E-state index contributed by atoms with van der Waals surface area (Å²) >= 11 is 0. The van der Waals surface area contributed by atoms with Crippen LogP contribution in [-0.4, -0.2) is 71.1 Å². The molecule has 0 aliphatic carbocycles. The molecule has 38 heavy (non-hydrogen) atoms. The molecule has 3 rings (SSSR count). The van der Waals surface area contributed by atoms with Crippen LogP contribution in [0.3, 0.4) is 0 Å². The number of rotatable bonds is 12. The van der Waals surface area contributed by atoms with E-state index >= 15 is 0 Å². The zero-order valence-electron chi connectivity index (χ0n) is 21.0. The van der Waals surface area contributed by atoms with Crippen molar-refractivity contribution >= 4 is 42.4 Å². The number of likely N-dealkylation sites (tertiary alicyclic amines) is 1. The smallest absolute Gasteiger partial charge is 0.253 e. The molecule has 0 unspecified atom stereocenters. The molecule has 1 fully saturated rings. The molecule has 3 amide bonds. The van der Waals surface area contributed by atoms with Gasteiger partial charge in [0.05, 0.1) is 11.6 Å². The summed E-state index contributed by atoms with van der Waals surface area (Å²) < 4.78 is 0. The number of hydrogen-bond donors (Lipinski definition) is 4. The highest BCUT2D eigenvalue weighted by Gasteiger charge is 2.38. The van der Waals surface area contributed by atoms with E-state index in [0.29, 0.717) is 50.6 Å². The molecule has 204 valence electrons. The zero-order chi connectivity index (χ0) is 26.6. The van der Waals surface area contributed by atoms with Gasteiger partial charge in [-0.05, 0) is 43.4 Å². The first-order valence-electron chi connectivity index (χ1n) is 12.3. The van der Waals surface area contributed by atoms with Crippen molar-refractivity contribution < 1.29 is 19.2 Å². The Morgan fingerprint density at radius 3 is 2.55 bits per heavy atom. The van der Waals surface area contributed by atoms with Crippen LogP contribution in [-0.2, 0) is 20.8 Å². The van der Waals surface area contributed by atoms with Gasteiger partial charge in [-0.15, -0.1) is 12.4 Å². The molecule has 1 saturated heterocycles. The molecule has 2 aromatic rings. The third-order valence-electron chi connectivity index (χ3n) is 6.11. The third-order valence-corrected chi connectivity index (χ3v) is 6.11. The van der Waals surface area contributed by atoms with Gasteiger partial charge >= 0.3 is 0 Å². The third kappa shape index (κ3) is 8.84. The van der Waals surface area contributed by atoms with Crippen molar-refractivity contribution in [1.82, 2.24) is 20.5 Å². The van der Waals surface area contributed by atoms with E-state index in [4.69, 9.17) is 11.5 Å². The van der Waals surface area contributed by atoms with Gasteiger partial charge in [-0.1, -0.05) is 30.3 Å². The van der Waals surface area contributed by atoms with Crippen LogP contribution < -0.4 is 22.1 Å². The Morgan fingerprint density at radius 1 is 1.13 bits per heavy atom. The van der Waals surface area contributed by atoms with Crippen LogP contribution in [0.4, 0.5) is 0 Å². The lowest BCUT2D eigenvalue weighted by molar-refractivity contribution is -0.140. The number of nitrogens with zero attached hydrogens (tertiary/aromatic N) is 3. The van der Waals surface area contributed by atoms with Gasteiger partial charge in [-0.3, -0.25) is 24.4 Å². The first kappa shape index (κ1) is 30.2. The lowest BCUT2D eigenvalue weighted by Gasteiger charge is -2.29. The molecule has 1 aromatic carbocycles. The summed E-state index contributed by atoms with van der Waals surface area (Å²) in [5.41, 5.74) is 11.8. The fourth-order valence-corrected chi connectivity index (χ4v) is 4.26. The van der Waals surface area contributed by atoms with Crippen LogP contribution in [0.1, 0.15) is 41.6 Å². The maximum Gasteiger partial charge on any atom is 0.253 e. The van der Waals surface area contributed by atoms with Crippen LogP contribution in [0, 0.1) is 0 Å². The predicted octanol–water partition coefficient (Wildman–Crippen LogP) is 0.573. The van der Waals surface area contributed by atoms with E-state index in [1.165, 1.54) is 11.1 Å². The first-order valence-corrected chi connectivity index (χ1v) is 12.3. The second kappa shape index (κ2) is 15.3. The van der Waals surface area contributed by atoms with E-state index in [-0.39, 0.29) is 30.7 Å². The first-order chi connectivity index (χ1) is 17.9. The Kier molecular flexibility index (Phi) is 12.2. The molecule has 3 atom stereocenters. The maximum atomic E-state index is 13.7. The monoisotopic (exact) mass is 543 g/mol. The van der Waals surface area contributed by atoms with E-state index in [1.807, 2.05) is 30.3 Å². The summed E-state index contributed by atoms with van der Waals surface area (Å²) in [5.74, 6) is -1.21. The van der Waals surface area contributed by atoms with Crippen molar-refractivity contribution in [1.29, 1.82) is 0 Å². The lowest BCUT2D eigenvalue weighted by atomic mass is 10.0. The lowest BCUT2D eigenvalue weighted by Crippen LogP contribution is -2.55. The number of halogens is 1. The summed E-state index contributed by atoms with van der Waals surface area (Å²) in [7, 11) is 0. The molecule has 2 heterocycles. The van der Waals surface area contributed by atoms with E-state index < -0.39 is 29.9 Å². The highest BCUT2D eigenvalue weighted by atomic mass is 35.5. The Morgan fingerprint density at radius 2 is 1.89 bits per heavy atom. The molecule has 12 heteroatoms. The summed E-state index contributed by atoms with van der Waals surface area (Å²) in [6, 6.07) is 10.3. The molecular weight excluding hydrogens is 510 g/mol. The van der Waals surface area contributed by atoms with Crippen molar-refractivity contribution in [3.8, 4) is 0 Å². The van der Waals surface area contributed by atoms with Crippen LogP contribution >= 0.6 is 12.4 Å². The number of carbonyl (C=O) groups is 4. The van der Waals surface area contributed by atoms with Crippen LogP contribution in [0.25, 0.3) is 0 Å². The standard InChI is InChI=1S/C26H33N7O4.ClH/c27-26(28)30-13-5-10-20(17-34)31-24(36)22-11-6-14-33(22)25(37)21(15-18-7-2-1-3-8-18)32-23(35)19-9-4-12-29-16-19;/h1-4,7-9,12,16-17,20-22H,5-6,10-11,13-15H2,(H,31,36)(H,32,35)(H4,27,28,30);1H/t20-,21+,22-;/m0./s1. The largest absolute Gasteiger partial charge is 0.370 e. The number of benzene rings is 1. The van der Waals surface area contributed by atoms with E-state index in [1.54, 1.807) is 18.3 Å². The summed E-state index contributed by atoms with van der Waals surface area (Å²) in [5, 5.41) is 5.55. The molecule has 0 bridgehead atoms. The minimum absolute atomic E-state index is 0. The fraction of sp³-hybridized carbons (Fsp3) is 0.385. The minimum Gasteiger partial charge on any atom is -0.370 e. The average molecular weight is 544 g/mol. The van der Waals surface area contributed by atoms with Crippen LogP contribution in [0.15, 0.2) is 59.9 Å². The molecule has 11 nitrogen and oxygen atoms in total. The molecule has 1 aliphatic heterocycles. The van der Waals surface area contributed by atoms with Gasteiger partial charge in [0.25, 0.3) is 5.91 Å². The van der Waals surface area contributed by atoms with E-state index in [0.717, 1.165) is 5.56 Å². The number of hydrogen-bond acceptors (Lipinski definition) is 6. The summed E-state index contributed by atoms with van der Waals surface area (Å²) in [6.07, 6.45) is 5.89. The highest BCUT2D eigenvalue weighted by molar-refractivity contribution is 5.98. The number of aromatic nitrogens is 1. The number of nitrogens with one attached hydrogen (secondary N) is 2. The highest BCUT2D eigenvalue weighted by Crippen LogP contribution is 2.20. The molecule has 0 saturated carbocycles. The molecule has 1 aliphatic rings. The van der Waals surface area contributed by atoms with E-state index in [9.17, 15) is 19.2 Å². The van der Waals surface area contributed by atoms with Gasteiger partial charge in [0.1, 0.15) is 18.4 Å². The quantitative estimate of drug-likeness (QED) is 0.131. The Labute approximate surface area is 227 Å². The second-order valence-corrected chi connectivity index (χ2v) is 8.85. The van der Waals surface area contributed by atoms with Crippen LogP contribution in [0.5, 0.6) is 0 Å². The van der Waals surface area contributed by atoms with Gasteiger partial charge in [-0.25, -0.2) is 0 Å². The number of nitrogens with two attached hydrogens (primary N) is 2. The second-order valence-electron chi connectivity index (χ2n) is 8.85. The van der Waals surface area contributed by atoms with Crippen molar-refractivity contribution in [3.63, 3.8) is 0 Å². The topological polar surface area (TPSA) is 173 Å². The number of guanidine groups is 1. The average Bonchev–Trinajstić information content (AvgIpc) is 3.40. The number of pyridine rings is 1. The molecule has 1 aromatic heterocycles. The normalized spacial score (nSPS) is 15.9. The van der Waals surface area contributed by atoms with Gasteiger partial charge in [0.15, 0.2) is 5.96 Å². The van der Waals surface area contributed by atoms with Gasteiger partial charge in [-0.2, -0.15) is 0 Å². The molecule has 0 radical (unpaired) electrons. The van der Waals surface area contributed by atoms with Crippen LogP contribution in [0.2, 0.25) is 0 Å². The number of amides is 3. The van der Waals surface area contributed by atoms with Gasteiger partial charge < -0.3 is 31.8 Å². The van der Waals surface area contributed by atoms with Gasteiger partial charge in [0.2, 0.25) is 11.8 Å². The molecular formula is C26H34ClN7O4. The fourth-order valence-electron chi connectivity index (χ4n) is 4.26. The zero-order valence-corrected chi connectivity index (χ0v) is 21.8. The van der Waals surface area contributed by atoms with Crippen molar-refractivity contribution in [2.45, 2.75) is 50.2 Å². The Hall–Kier alpha value is -3.99. The Balaban J connectivity index is 0.00000507. The molecule has 6 N–H and O–H groups in total. The summed E-state index contributed by atoms with van der Waals surface area (Å²) in [4.78, 5) is 60.5. The predicted molar refractivity (Wildman–Crippen MR) is 146 cm³/mol. The Bertz CT molecular complexity index is 1100. The van der Waals surface area contributed by atoms with Crippen molar-refractivity contribution in [3.05, 3.63) is 66.0 Å². The van der Waals surface area contributed by atoms with Crippen molar-refractivity contribution in [2.75, 3.05) is 13.1 Å². The number of aliphatic imine (C=N–C) groups is 1.